The van der Waals surface area contributed by atoms with Gasteiger partial charge in [0.15, 0.2) is 0 Å². The van der Waals surface area contributed by atoms with Gasteiger partial charge < -0.3 is 10.6 Å². The summed E-state index contributed by atoms with van der Waals surface area (Å²) >= 11 is 0. The number of hydrazine groups is 1. The number of hydrogen-bond acceptors (Lipinski definition) is 4. The monoisotopic (exact) mass is 408 g/mol. The quantitative estimate of drug-likeness (QED) is 0.356. The van der Waals surface area contributed by atoms with Gasteiger partial charge >= 0.3 is 0 Å². The number of nitrogens with two attached hydrogens (primary N) is 1. The highest BCUT2D eigenvalue weighted by Crippen LogP contribution is 2.21. The molecule has 1 saturated heterocycles. The van der Waals surface area contributed by atoms with Crippen LogP contribution in [-0.4, -0.2) is 36.3 Å². The van der Waals surface area contributed by atoms with Crippen LogP contribution in [0.4, 0.5) is 5.69 Å². The van der Waals surface area contributed by atoms with Crippen molar-refractivity contribution in [3.05, 3.63) is 65.7 Å². The molecule has 0 bridgehead atoms. The molecular weight excluding hydrogens is 376 g/mol. The van der Waals surface area contributed by atoms with Gasteiger partial charge in [-0.05, 0) is 87.5 Å². The number of nitrogens with one attached hydrogen (secondary N) is 2. The molecule has 30 heavy (non-hydrogen) atoms. The number of amides is 2. The van der Waals surface area contributed by atoms with Crippen LogP contribution in [0.25, 0.3) is 0 Å². The molecule has 0 spiro atoms. The van der Waals surface area contributed by atoms with Crippen LogP contribution in [0.5, 0.6) is 0 Å². The lowest BCUT2D eigenvalue weighted by molar-refractivity contribution is -0.122. The summed E-state index contributed by atoms with van der Waals surface area (Å²) in [6.45, 7) is 3.31. The van der Waals surface area contributed by atoms with E-state index in [1.54, 1.807) is 24.3 Å². The molecule has 4 N–H and O–H groups in total. The van der Waals surface area contributed by atoms with E-state index in [-0.39, 0.29) is 11.8 Å². The number of nitrogen functional groups attached to an aromatic ring is 1. The summed E-state index contributed by atoms with van der Waals surface area (Å²) in [7, 11) is 0. The van der Waals surface area contributed by atoms with Gasteiger partial charge in [0.25, 0.3) is 5.91 Å². The maximum absolute atomic E-state index is 12.0. The minimum atomic E-state index is -0.346. The molecule has 0 atom stereocenters. The van der Waals surface area contributed by atoms with Gasteiger partial charge in [-0.3, -0.25) is 20.4 Å². The summed E-state index contributed by atoms with van der Waals surface area (Å²) in [4.78, 5) is 26.4. The molecule has 1 aliphatic heterocycles. The number of hydrogen-bond donors (Lipinski definition) is 3. The maximum atomic E-state index is 12.0. The smallest absolute Gasteiger partial charge is 0.269 e. The lowest BCUT2D eigenvalue weighted by Gasteiger charge is -2.32. The van der Waals surface area contributed by atoms with Gasteiger partial charge in [0.1, 0.15) is 0 Å². The Morgan fingerprint density at radius 3 is 2.33 bits per heavy atom. The highest BCUT2D eigenvalue weighted by atomic mass is 16.2. The lowest BCUT2D eigenvalue weighted by Crippen LogP contribution is -2.41. The Bertz CT molecular complexity index is 800. The largest absolute Gasteiger partial charge is 0.399 e. The fraction of sp³-hybridized carbons (Fsp3) is 0.417. The van der Waals surface area contributed by atoms with E-state index in [9.17, 15) is 9.59 Å². The molecule has 1 aliphatic rings. The van der Waals surface area contributed by atoms with Crippen molar-refractivity contribution < 1.29 is 9.59 Å². The van der Waals surface area contributed by atoms with Crippen LogP contribution in [0.15, 0.2) is 54.6 Å². The van der Waals surface area contributed by atoms with Crippen molar-refractivity contribution in [3.8, 4) is 0 Å². The predicted octanol–water partition coefficient (Wildman–Crippen LogP) is 3.15. The third-order valence-electron chi connectivity index (χ3n) is 5.69. The van der Waals surface area contributed by atoms with Crippen LogP contribution >= 0.6 is 0 Å². The summed E-state index contributed by atoms with van der Waals surface area (Å²) in [6.07, 6.45) is 5.87. The second kappa shape index (κ2) is 11.4. The molecule has 6 heteroatoms. The van der Waals surface area contributed by atoms with E-state index in [2.05, 4.69) is 46.1 Å². The standard InChI is InChI=1S/C24H32N4O2/c25-22-11-9-21(10-12-22)24(30)27-26-23(29)8-4-5-15-28-16-13-20(14-17-28)18-19-6-2-1-3-7-19/h1-3,6-7,9-12,20H,4-5,8,13-18,25H2,(H,26,29)(H,27,30). The second-order valence-electron chi connectivity index (χ2n) is 8.06. The molecule has 1 fully saturated rings. The number of rotatable bonds is 8. The molecule has 2 amide bonds. The molecule has 2 aromatic rings. The van der Waals surface area contributed by atoms with E-state index in [1.807, 2.05) is 0 Å². The summed E-state index contributed by atoms with van der Waals surface area (Å²) in [5.41, 5.74) is 13.0. The van der Waals surface area contributed by atoms with Gasteiger partial charge in [0.05, 0.1) is 0 Å². The Balaban J connectivity index is 1.24. The number of likely N-dealkylation sites (tertiary alicyclic amines) is 1. The van der Waals surface area contributed by atoms with Crippen molar-refractivity contribution in [2.75, 3.05) is 25.4 Å². The van der Waals surface area contributed by atoms with Crippen molar-refractivity contribution in [3.63, 3.8) is 0 Å². The van der Waals surface area contributed by atoms with Crippen LogP contribution in [-0.2, 0) is 11.2 Å². The van der Waals surface area contributed by atoms with Crippen molar-refractivity contribution in [1.82, 2.24) is 15.8 Å². The molecule has 2 aromatic carbocycles. The maximum Gasteiger partial charge on any atom is 0.269 e. The molecule has 0 saturated carbocycles. The van der Waals surface area contributed by atoms with Gasteiger partial charge in [-0.2, -0.15) is 0 Å². The molecule has 0 aromatic heterocycles. The average molecular weight is 409 g/mol. The summed E-state index contributed by atoms with van der Waals surface area (Å²) in [6, 6.07) is 17.3. The summed E-state index contributed by atoms with van der Waals surface area (Å²) in [5.74, 6) is 0.265. The average Bonchev–Trinajstić information content (AvgIpc) is 2.77. The zero-order valence-electron chi connectivity index (χ0n) is 17.5. The van der Waals surface area contributed by atoms with E-state index < -0.39 is 0 Å². The number of anilines is 1. The molecule has 160 valence electrons. The van der Waals surface area contributed by atoms with Crippen molar-refractivity contribution in [2.24, 2.45) is 5.92 Å². The van der Waals surface area contributed by atoms with E-state index in [1.165, 1.54) is 24.8 Å². The molecule has 3 rings (SSSR count). The summed E-state index contributed by atoms with van der Waals surface area (Å²) in [5, 5.41) is 0. The number of benzene rings is 2. The van der Waals surface area contributed by atoms with Crippen LogP contribution in [0.1, 0.15) is 48.0 Å². The normalized spacial score (nSPS) is 14.9. The van der Waals surface area contributed by atoms with Gasteiger partial charge in [0, 0.05) is 17.7 Å². The number of carbonyl (C=O) groups is 2. The topological polar surface area (TPSA) is 87.5 Å². The van der Waals surface area contributed by atoms with Gasteiger partial charge in [-0.25, -0.2) is 0 Å². The Morgan fingerprint density at radius 1 is 0.933 bits per heavy atom. The van der Waals surface area contributed by atoms with E-state index >= 15 is 0 Å². The van der Waals surface area contributed by atoms with Crippen LogP contribution in [0.3, 0.4) is 0 Å². The number of carbonyl (C=O) groups excluding carboxylic acids is 2. The first kappa shape index (κ1) is 21.8. The Kier molecular flexibility index (Phi) is 8.27. The molecule has 0 aliphatic carbocycles. The second-order valence-corrected chi connectivity index (χ2v) is 8.06. The summed E-state index contributed by atoms with van der Waals surface area (Å²) < 4.78 is 0. The van der Waals surface area contributed by atoms with Crippen molar-refractivity contribution >= 4 is 17.5 Å². The van der Waals surface area contributed by atoms with Gasteiger partial charge in [-0.1, -0.05) is 30.3 Å². The highest BCUT2D eigenvalue weighted by Gasteiger charge is 2.19. The Morgan fingerprint density at radius 2 is 1.63 bits per heavy atom. The van der Waals surface area contributed by atoms with Crippen LogP contribution < -0.4 is 16.6 Å². The molecule has 0 unspecified atom stereocenters. The number of unbranched alkanes of at least 4 members (excludes halogenated alkanes) is 1. The van der Waals surface area contributed by atoms with Gasteiger partial charge in [0.2, 0.25) is 5.91 Å². The van der Waals surface area contributed by atoms with Crippen LogP contribution in [0.2, 0.25) is 0 Å². The molecule has 6 nitrogen and oxygen atoms in total. The minimum Gasteiger partial charge on any atom is -0.399 e. The number of piperidine rings is 1. The third-order valence-corrected chi connectivity index (χ3v) is 5.69. The van der Waals surface area contributed by atoms with E-state index in [4.69, 9.17) is 5.73 Å². The van der Waals surface area contributed by atoms with Gasteiger partial charge in [-0.15, -0.1) is 0 Å². The number of nitrogens with zero attached hydrogens (tertiary/aromatic N) is 1. The lowest BCUT2D eigenvalue weighted by atomic mass is 9.90. The third kappa shape index (κ3) is 7.19. The SMILES string of the molecule is Nc1ccc(C(=O)NNC(=O)CCCCN2CCC(Cc3ccccc3)CC2)cc1. The zero-order valence-corrected chi connectivity index (χ0v) is 17.5. The molecular formula is C24H32N4O2. The first-order valence-electron chi connectivity index (χ1n) is 10.8. The Hall–Kier alpha value is -2.86. The first-order valence-corrected chi connectivity index (χ1v) is 10.8. The predicted molar refractivity (Wildman–Crippen MR) is 120 cm³/mol. The van der Waals surface area contributed by atoms with E-state index in [0.717, 1.165) is 38.4 Å². The zero-order chi connectivity index (χ0) is 21.2. The Labute approximate surface area is 178 Å². The van der Waals surface area contributed by atoms with Crippen molar-refractivity contribution in [2.45, 2.75) is 38.5 Å². The van der Waals surface area contributed by atoms with Crippen molar-refractivity contribution in [1.29, 1.82) is 0 Å². The minimum absolute atomic E-state index is 0.166. The fourth-order valence-electron chi connectivity index (χ4n) is 3.88. The molecule has 1 heterocycles. The van der Waals surface area contributed by atoms with E-state index in [0.29, 0.717) is 17.7 Å². The van der Waals surface area contributed by atoms with Crippen LogP contribution in [0, 0.1) is 5.92 Å². The molecule has 0 radical (unpaired) electrons. The first-order chi connectivity index (χ1) is 14.6. The highest BCUT2D eigenvalue weighted by molar-refractivity contribution is 5.95. The fourth-order valence-corrected chi connectivity index (χ4v) is 3.88.